The Labute approximate surface area is 221 Å². The maximum atomic E-state index is 5.85. The van der Waals surface area contributed by atoms with Crippen molar-refractivity contribution in [1.82, 2.24) is 34.7 Å². The van der Waals surface area contributed by atoms with E-state index in [1.807, 2.05) is 36.9 Å². The zero-order chi connectivity index (χ0) is 25.1. The van der Waals surface area contributed by atoms with Crippen molar-refractivity contribution in [2.24, 2.45) is 0 Å². The van der Waals surface area contributed by atoms with Crippen LogP contribution in [0.25, 0.3) is 38.9 Å². The summed E-state index contributed by atoms with van der Waals surface area (Å²) >= 11 is 0. The first kappa shape index (κ1) is 22.4. The fourth-order valence-electron chi connectivity index (χ4n) is 7.34. The molecule has 192 valence electrons. The molecule has 2 atom stereocenters. The zero-order valence-corrected chi connectivity index (χ0v) is 21.3. The number of hydrogen-bond acceptors (Lipinski definition) is 6. The Morgan fingerprint density at radius 1 is 0.842 bits per heavy atom. The van der Waals surface area contributed by atoms with E-state index in [1.54, 1.807) is 0 Å². The molecule has 1 N–H and O–H groups in total. The minimum Gasteiger partial charge on any atom is -0.378 e. The van der Waals surface area contributed by atoms with Crippen molar-refractivity contribution in [3.63, 3.8) is 0 Å². The lowest BCUT2D eigenvalue weighted by Crippen LogP contribution is -2.52. The highest BCUT2D eigenvalue weighted by Crippen LogP contribution is 2.42. The van der Waals surface area contributed by atoms with Crippen molar-refractivity contribution in [3.8, 4) is 22.4 Å². The smallest absolute Gasteiger partial charge is 0.163 e. The molecule has 0 amide bonds. The van der Waals surface area contributed by atoms with Gasteiger partial charge in [-0.05, 0) is 68.4 Å². The molecule has 5 aromatic rings. The molecule has 6 heterocycles. The summed E-state index contributed by atoms with van der Waals surface area (Å²) in [5, 5.41) is 13.7. The van der Waals surface area contributed by atoms with Gasteiger partial charge in [0.05, 0.1) is 30.5 Å². The maximum absolute atomic E-state index is 5.85. The normalized spacial score (nSPS) is 25.9. The second-order valence-corrected chi connectivity index (χ2v) is 11.1. The molecule has 0 radical (unpaired) electrons. The summed E-state index contributed by atoms with van der Waals surface area (Å²) in [5.41, 5.74) is 7.28. The van der Waals surface area contributed by atoms with Gasteiger partial charge in [0.2, 0.25) is 0 Å². The summed E-state index contributed by atoms with van der Waals surface area (Å²) in [6.07, 6.45) is 15.0. The number of aromatic nitrogens is 6. The SMILES string of the molecule is c1cc(-c2c(-c3ccncc3)nn3c(C4CCC(N5[C@@H]6CC[C@@H]5COC6)CC4)ccnc23)c2cn[nH]c2c1. The van der Waals surface area contributed by atoms with Crippen LogP contribution in [0.15, 0.2) is 61.2 Å². The van der Waals surface area contributed by atoms with Crippen LogP contribution in [0.1, 0.15) is 50.1 Å². The largest absolute Gasteiger partial charge is 0.378 e. The van der Waals surface area contributed by atoms with Crippen LogP contribution in [0.3, 0.4) is 0 Å². The third-order valence-corrected chi connectivity index (χ3v) is 9.09. The number of pyridine rings is 1. The molecule has 1 saturated carbocycles. The zero-order valence-electron chi connectivity index (χ0n) is 21.3. The number of H-pyrrole nitrogens is 1. The summed E-state index contributed by atoms with van der Waals surface area (Å²) in [4.78, 5) is 12.0. The summed E-state index contributed by atoms with van der Waals surface area (Å²) in [6.45, 7) is 1.83. The van der Waals surface area contributed by atoms with Crippen molar-refractivity contribution in [2.45, 2.75) is 62.6 Å². The predicted octanol–water partition coefficient (Wildman–Crippen LogP) is 5.22. The van der Waals surface area contributed by atoms with Gasteiger partial charge >= 0.3 is 0 Å². The molecule has 4 aromatic heterocycles. The number of aromatic amines is 1. The number of ether oxygens (including phenoxy) is 1. The fourth-order valence-corrected chi connectivity index (χ4v) is 7.34. The van der Waals surface area contributed by atoms with Crippen LogP contribution in [-0.4, -0.2) is 66.0 Å². The second kappa shape index (κ2) is 8.99. The van der Waals surface area contributed by atoms with Gasteiger partial charge in [0.15, 0.2) is 5.65 Å². The van der Waals surface area contributed by atoms with Crippen molar-refractivity contribution < 1.29 is 4.74 Å². The van der Waals surface area contributed by atoms with Crippen molar-refractivity contribution in [3.05, 3.63) is 66.9 Å². The van der Waals surface area contributed by atoms with Crippen LogP contribution >= 0.6 is 0 Å². The Morgan fingerprint density at radius 3 is 2.45 bits per heavy atom. The molecule has 2 aliphatic heterocycles. The molecule has 1 aromatic carbocycles. The van der Waals surface area contributed by atoms with Crippen LogP contribution in [0.5, 0.6) is 0 Å². The molecule has 3 fully saturated rings. The van der Waals surface area contributed by atoms with Crippen LogP contribution < -0.4 is 0 Å². The third kappa shape index (κ3) is 3.50. The van der Waals surface area contributed by atoms with E-state index in [-0.39, 0.29) is 0 Å². The molecule has 38 heavy (non-hydrogen) atoms. The molecule has 8 rings (SSSR count). The number of morpholine rings is 1. The highest BCUT2D eigenvalue weighted by Gasteiger charge is 2.42. The monoisotopic (exact) mass is 505 g/mol. The number of nitrogens with zero attached hydrogens (tertiary/aromatic N) is 6. The van der Waals surface area contributed by atoms with Gasteiger partial charge in [0, 0.05) is 59.3 Å². The Morgan fingerprint density at radius 2 is 1.63 bits per heavy atom. The fraction of sp³-hybridized carbons (Fsp3) is 0.400. The second-order valence-electron chi connectivity index (χ2n) is 11.1. The van der Waals surface area contributed by atoms with Crippen LogP contribution in [0, 0.1) is 0 Å². The van der Waals surface area contributed by atoms with E-state index in [4.69, 9.17) is 14.8 Å². The number of rotatable bonds is 4. The summed E-state index contributed by atoms with van der Waals surface area (Å²) in [7, 11) is 0. The third-order valence-electron chi connectivity index (χ3n) is 9.09. The Hall–Kier alpha value is -3.62. The average molecular weight is 506 g/mol. The number of benzene rings is 1. The Kier molecular flexibility index (Phi) is 5.29. The molecule has 3 aliphatic rings. The van der Waals surface area contributed by atoms with Gasteiger partial charge in [-0.2, -0.15) is 10.2 Å². The van der Waals surface area contributed by atoms with Gasteiger partial charge in [-0.3, -0.25) is 15.0 Å². The molecule has 2 bridgehead atoms. The lowest BCUT2D eigenvalue weighted by atomic mass is 9.82. The molecule has 8 nitrogen and oxygen atoms in total. The van der Waals surface area contributed by atoms with E-state index in [0.29, 0.717) is 24.0 Å². The predicted molar refractivity (Wildman–Crippen MR) is 146 cm³/mol. The van der Waals surface area contributed by atoms with Gasteiger partial charge in [-0.15, -0.1) is 0 Å². The topological polar surface area (TPSA) is 84.2 Å². The highest BCUT2D eigenvalue weighted by molar-refractivity contribution is 6.02. The van der Waals surface area contributed by atoms with Gasteiger partial charge in [-0.25, -0.2) is 9.50 Å². The molecule has 0 spiro atoms. The van der Waals surface area contributed by atoms with Gasteiger partial charge in [0.25, 0.3) is 0 Å². The van der Waals surface area contributed by atoms with Gasteiger partial charge in [0.1, 0.15) is 5.69 Å². The lowest BCUT2D eigenvalue weighted by Gasteiger charge is -2.43. The highest BCUT2D eigenvalue weighted by atomic mass is 16.5. The lowest BCUT2D eigenvalue weighted by molar-refractivity contribution is -0.0443. The minimum absolute atomic E-state index is 0.471. The van der Waals surface area contributed by atoms with Crippen molar-refractivity contribution >= 4 is 16.6 Å². The first-order chi connectivity index (χ1) is 18.8. The van der Waals surface area contributed by atoms with E-state index in [9.17, 15) is 0 Å². The van der Waals surface area contributed by atoms with E-state index < -0.39 is 0 Å². The number of fused-ring (bicyclic) bond motifs is 4. The maximum Gasteiger partial charge on any atom is 0.163 e. The van der Waals surface area contributed by atoms with Crippen LogP contribution in [-0.2, 0) is 4.74 Å². The van der Waals surface area contributed by atoms with E-state index in [0.717, 1.165) is 52.1 Å². The van der Waals surface area contributed by atoms with E-state index in [1.165, 1.54) is 44.2 Å². The Balaban J connectivity index is 1.20. The van der Waals surface area contributed by atoms with Gasteiger partial charge in [-0.1, -0.05) is 12.1 Å². The summed E-state index contributed by atoms with van der Waals surface area (Å²) < 4.78 is 7.97. The summed E-state index contributed by atoms with van der Waals surface area (Å²) in [5.74, 6) is 0.471. The Bertz CT molecular complexity index is 1590. The van der Waals surface area contributed by atoms with Crippen molar-refractivity contribution in [1.29, 1.82) is 0 Å². The molecule has 2 saturated heterocycles. The van der Waals surface area contributed by atoms with Crippen molar-refractivity contribution in [2.75, 3.05) is 13.2 Å². The molecular formula is C30H31N7O. The standard InChI is InChI=1S/C30H31N7O/c1-2-24(25-16-33-34-26(25)3-1)28-29(20-10-13-31-14-11-20)35-37-27(12-15-32-30(28)37)19-4-6-21(7-5-19)36-22-8-9-23(36)18-38-17-22/h1-3,10-16,19,21-23H,4-9,17-18H2,(H,33,34)/t19?,21?,22-,23-/m1/s1. The first-order valence-corrected chi connectivity index (χ1v) is 13.9. The quantitative estimate of drug-likeness (QED) is 0.360. The minimum atomic E-state index is 0.471. The van der Waals surface area contributed by atoms with Crippen LogP contribution in [0.4, 0.5) is 0 Å². The molecular weight excluding hydrogens is 474 g/mol. The average Bonchev–Trinajstić information content (AvgIpc) is 3.67. The summed E-state index contributed by atoms with van der Waals surface area (Å²) in [6, 6.07) is 14.5. The molecule has 0 unspecified atom stereocenters. The number of hydrogen-bond donors (Lipinski definition) is 1. The van der Waals surface area contributed by atoms with E-state index >= 15 is 0 Å². The van der Waals surface area contributed by atoms with Gasteiger partial charge < -0.3 is 4.74 Å². The van der Waals surface area contributed by atoms with E-state index in [2.05, 4.69) is 48.9 Å². The molecule has 8 heteroatoms. The molecule has 1 aliphatic carbocycles. The van der Waals surface area contributed by atoms with Crippen LogP contribution in [0.2, 0.25) is 0 Å². The number of nitrogens with one attached hydrogen (secondary N) is 1. The first-order valence-electron chi connectivity index (χ1n) is 13.9.